The van der Waals surface area contributed by atoms with Gasteiger partial charge in [-0.1, -0.05) is 24.3 Å². The van der Waals surface area contributed by atoms with Crippen LogP contribution < -0.4 is 26.7 Å². The minimum absolute atomic E-state index is 0.0129. The number of nitrogens with zero attached hydrogens (tertiary/aromatic N) is 1. The normalized spacial score (nSPS) is 12.3. The number of guanidine groups is 1. The summed E-state index contributed by atoms with van der Waals surface area (Å²) in [7, 11) is -2.11. The van der Waals surface area contributed by atoms with Crippen LogP contribution in [0.1, 0.15) is 30.4 Å². The van der Waals surface area contributed by atoms with Crippen LogP contribution >= 0.6 is 0 Å². The molecule has 0 heterocycles. The zero-order valence-corrected chi connectivity index (χ0v) is 23.5. The number of aliphatic imine (C=N–C) groups is 1. The molecule has 2 atom stereocenters. The highest BCUT2D eigenvalue weighted by Crippen LogP contribution is 2.16. The second-order valence-corrected chi connectivity index (χ2v) is 10.4. The van der Waals surface area contributed by atoms with Crippen LogP contribution in [0.5, 0.6) is 5.75 Å². The van der Waals surface area contributed by atoms with Crippen LogP contribution in [0.3, 0.4) is 0 Å². The molecule has 2 aromatic rings. The first-order valence-electron chi connectivity index (χ1n) is 12.4. The van der Waals surface area contributed by atoms with Crippen molar-refractivity contribution >= 4 is 33.7 Å². The molecule has 0 saturated carbocycles. The Hall–Kier alpha value is -3.88. The molecule has 14 heteroatoms. The van der Waals surface area contributed by atoms with Crippen molar-refractivity contribution < 1.29 is 37.1 Å². The maximum absolute atomic E-state index is 11.1. The molecule has 13 nitrogen and oxygen atoms in total. The predicted octanol–water partition coefficient (Wildman–Crippen LogP) is 1.16. The maximum Gasteiger partial charge on any atom is 0.333 e. The number of ether oxygens (including phenoxy) is 1. The summed E-state index contributed by atoms with van der Waals surface area (Å²) in [5.41, 5.74) is 18.3. The molecule has 2 rings (SSSR count). The molecule has 1 unspecified atom stereocenters. The zero-order chi connectivity index (χ0) is 30.1. The molecule has 222 valence electrons. The number of rotatable bonds is 16. The lowest BCUT2D eigenvalue weighted by Crippen LogP contribution is -2.30. The van der Waals surface area contributed by atoms with E-state index in [9.17, 15) is 18.0 Å². The molecule has 0 aliphatic carbocycles. The van der Waals surface area contributed by atoms with Gasteiger partial charge < -0.3 is 41.7 Å². The standard InChI is InChI=1S/C20H25NO6S.C6H14N4O2/c1-26-19(20(22)23)14-16-5-9-17(10-6-16)21-13-3-4-15-7-11-18(12-8-15)27-28(2,24)25;7-4(5(11)12)2-1-3-10-6(8)9/h5-12,19,21H,3-4,13-14H2,1-2H3,(H,22,23);4H,1-3,7H2,(H,11,12)(H4,8,9,10)/t19-;/m0./s1. The van der Waals surface area contributed by atoms with Crippen molar-refractivity contribution in [2.24, 2.45) is 22.2 Å². The molecule has 0 spiro atoms. The first kappa shape index (κ1) is 34.1. The summed E-state index contributed by atoms with van der Waals surface area (Å²) in [6.07, 6.45) is 3.20. The van der Waals surface area contributed by atoms with E-state index in [0.29, 0.717) is 31.6 Å². The largest absolute Gasteiger partial charge is 0.480 e. The van der Waals surface area contributed by atoms with Crippen molar-refractivity contribution in [2.45, 2.75) is 44.2 Å². The number of nitrogens with two attached hydrogens (primary N) is 3. The van der Waals surface area contributed by atoms with Crippen LogP contribution in [-0.2, 0) is 37.3 Å². The molecular formula is C26H39N5O8S. The van der Waals surface area contributed by atoms with Crippen molar-refractivity contribution in [3.63, 3.8) is 0 Å². The predicted molar refractivity (Wildman–Crippen MR) is 153 cm³/mol. The molecule has 0 saturated heterocycles. The first-order chi connectivity index (χ1) is 18.8. The topological polar surface area (TPSA) is 230 Å². The van der Waals surface area contributed by atoms with Crippen molar-refractivity contribution in [3.05, 3.63) is 59.7 Å². The summed E-state index contributed by atoms with van der Waals surface area (Å²) < 4.78 is 31.9. The quantitative estimate of drug-likeness (QED) is 0.0710. The van der Waals surface area contributed by atoms with Gasteiger partial charge in [0.25, 0.3) is 0 Å². The number of anilines is 1. The van der Waals surface area contributed by atoms with E-state index in [2.05, 4.69) is 10.3 Å². The van der Waals surface area contributed by atoms with Gasteiger partial charge in [-0.3, -0.25) is 9.79 Å². The van der Waals surface area contributed by atoms with E-state index >= 15 is 0 Å². The van der Waals surface area contributed by atoms with Crippen LogP contribution in [-0.4, -0.2) is 75.1 Å². The fraction of sp³-hybridized carbons (Fsp3) is 0.423. The van der Waals surface area contributed by atoms with Crippen molar-refractivity contribution in [1.82, 2.24) is 0 Å². The van der Waals surface area contributed by atoms with Gasteiger partial charge in [-0.2, -0.15) is 8.42 Å². The SMILES string of the molecule is CO[C@@H](Cc1ccc(NCCCc2ccc(OS(C)(=O)=O)cc2)cc1)C(=O)O.NC(N)=NCCCC(N)C(=O)O. The lowest BCUT2D eigenvalue weighted by molar-refractivity contribution is -0.148. The summed E-state index contributed by atoms with van der Waals surface area (Å²) >= 11 is 0. The second kappa shape index (κ2) is 17.7. The number of benzene rings is 2. The Balaban J connectivity index is 0.000000562. The number of carbonyl (C=O) groups is 2. The Kier molecular flexibility index (Phi) is 15.1. The first-order valence-corrected chi connectivity index (χ1v) is 14.2. The van der Waals surface area contributed by atoms with Crippen LogP contribution in [0.15, 0.2) is 53.5 Å². The highest BCUT2D eigenvalue weighted by Gasteiger charge is 2.16. The maximum atomic E-state index is 11.1. The van der Waals surface area contributed by atoms with Gasteiger partial charge in [0.05, 0.1) is 6.26 Å². The highest BCUT2D eigenvalue weighted by atomic mass is 32.2. The van der Waals surface area contributed by atoms with Gasteiger partial charge in [0, 0.05) is 32.3 Å². The van der Waals surface area contributed by atoms with Gasteiger partial charge >= 0.3 is 22.1 Å². The number of carboxylic acids is 2. The summed E-state index contributed by atoms with van der Waals surface area (Å²) in [5, 5.41) is 20.7. The second-order valence-electron chi connectivity index (χ2n) is 8.82. The monoisotopic (exact) mass is 581 g/mol. The average Bonchev–Trinajstić information content (AvgIpc) is 2.88. The zero-order valence-electron chi connectivity index (χ0n) is 22.7. The Morgan fingerprint density at radius 1 is 0.975 bits per heavy atom. The van der Waals surface area contributed by atoms with Crippen LogP contribution in [0.25, 0.3) is 0 Å². The lowest BCUT2D eigenvalue weighted by Gasteiger charge is -2.11. The Bertz CT molecular complexity index is 1180. The molecule has 0 aromatic heterocycles. The van der Waals surface area contributed by atoms with Crippen molar-refractivity contribution in [1.29, 1.82) is 0 Å². The molecule has 0 bridgehead atoms. The van der Waals surface area contributed by atoms with Crippen molar-refractivity contribution in [2.75, 3.05) is 31.8 Å². The third-order valence-electron chi connectivity index (χ3n) is 5.36. The van der Waals surface area contributed by atoms with Gasteiger partial charge in [0.15, 0.2) is 12.1 Å². The van der Waals surface area contributed by atoms with E-state index in [1.807, 2.05) is 36.4 Å². The number of carboxylic acid groups (broad SMARTS) is 2. The Labute approximate surface area is 234 Å². The number of hydrogen-bond acceptors (Lipinski definition) is 9. The molecule has 0 radical (unpaired) electrons. The van der Waals surface area contributed by atoms with E-state index in [1.54, 1.807) is 12.1 Å². The number of nitrogens with one attached hydrogen (secondary N) is 1. The van der Waals surface area contributed by atoms with Crippen LogP contribution in [0, 0.1) is 0 Å². The van der Waals surface area contributed by atoms with E-state index in [-0.39, 0.29) is 5.96 Å². The molecule has 2 aromatic carbocycles. The number of hydrogen-bond donors (Lipinski definition) is 6. The number of methoxy groups -OCH3 is 1. The summed E-state index contributed by atoms with van der Waals surface area (Å²) in [6, 6.07) is 13.8. The van der Waals surface area contributed by atoms with E-state index < -0.39 is 34.2 Å². The molecule has 0 fully saturated rings. The van der Waals surface area contributed by atoms with E-state index in [4.69, 9.17) is 36.3 Å². The van der Waals surface area contributed by atoms with Gasteiger partial charge in [-0.25, -0.2) is 4.79 Å². The van der Waals surface area contributed by atoms with Gasteiger partial charge in [0.1, 0.15) is 11.8 Å². The summed E-state index contributed by atoms with van der Waals surface area (Å²) in [4.78, 5) is 24.9. The van der Waals surface area contributed by atoms with Crippen LogP contribution in [0.4, 0.5) is 5.69 Å². The fourth-order valence-corrected chi connectivity index (χ4v) is 3.76. The van der Waals surface area contributed by atoms with Crippen LogP contribution in [0.2, 0.25) is 0 Å². The molecule has 9 N–H and O–H groups in total. The molecular weight excluding hydrogens is 542 g/mol. The molecule has 40 heavy (non-hydrogen) atoms. The minimum atomic E-state index is -3.50. The summed E-state index contributed by atoms with van der Waals surface area (Å²) in [5.74, 6) is -1.65. The molecule has 0 aliphatic heterocycles. The third kappa shape index (κ3) is 15.5. The van der Waals surface area contributed by atoms with Gasteiger partial charge in [0.2, 0.25) is 0 Å². The highest BCUT2D eigenvalue weighted by molar-refractivity contribution is 7.86. The smallest absolute Gasteiger partial charge is 0.333 e. The van der Waals surface area contributed by atoms with Gasteiger partial charge in [-0.05, 0) is 61.1 Å². The lowest BCUT2D eigenvalue weighted by atomic mass is 10.1. The third-order valence-corrected chi connectivity index (χ3v) is 5.86. The number of aryl methyl sites for hydroxylation is 1. The Morgan fingerprint density at radius 2 is 1.57 bits per heavy atom. The number of aliphatic carboxylic acids is 2. The minimum Gasteiger partial charge on any atom is -0.480 e. The van der Waals surface area contributed by atoms with E-state index in [0.717, 1.165) is 42.5 Å². The average molecular weight is 582 g/mol. The van der Waals surface area contributed by atoms with Gasteiger partial charge in [-0.15, -0.1) is 0 Å². The van der Waals surface area contributed by atoms with Crippen molar-refractivity contribution in [3.8, 4) is 5.75 Å². The Morgan fingerprint density at radius 3 is 2.08 bits per heavy atom. The fourth-order valence-electron chi connectivity index (χ4n) is 3.30. The summed E-state index contributed by atoms with van der Waals surface area (Å²) in [6.45, 7) is 1.19. The molecule has 0 amide bonds. The van der Waals surface area contributed by atoms with E-state index in [1.165, 1.54) is 7.11 Å². The molecule has 0 aliphatic rings.